The van der Waals surface area contributed by atoms with Crippen LogP contribution in [0.25, 0.3) is 5.65 Å². The quantitative estimate of drug-likeness (QED) is 0.778. The number of pyridine rings is 1. The smallest absolute Gasteiger partial charge is 0.160 e. The molecule has 96 valence electrons. The van der Waals surface area contributed by atoms with Gasteiger partial charge in [0.1, 0.15) is 5.82 Å². The highest BCUT2D eigenvalue weighted by Gasteiger charge is 2.05. The third-order valence-corrected chi connectivity index (χ3v) is 3.22. The van der Waals surface area contributed by atoms with Gasteiger partial charge in [-0.05, 0) is 31.0 Å². The second kappa shape index (κ2) is 4.72. The van der Waals surface area contributed by atoms with Crippen molar-refractivity contribution in [3.05, 3.63) is 59.5 Å². The van der Waals surface area contributed by atoms with E-state index in [0.717, 1.165) is 30.0 Å². The van der Waals surface area contributed by atoms with Crippen molar-refractivity contribution < 1.29 is 0 Å². The molecule has 0 bridgehead atoms. The molecule has 0 spiro atoms. The Labute approximate surface area is 111 Å². The van der Waals surface area contributed by atoms with E-state index >= 15 is 0 Å². The molecule has 0 aliphatic rings. The van der Waals surface area contributed by atoms with Crippen LogP contribution in [0.3, 0.4) is 0 Å². The summed E-state index contributed by atoms with van der Waals surface area (Å²) in [6.07, 6.45) is 3.69. The molecule has 0 aliphatic carbocycles. The number of benzene rings is 1. The topological polar surface area (TPSA) is 56.2 Å². The SMILES string of the molecule is Cc1cccc(CCc2nnc3ccc(N)cn23)c1. The summed E-state index contributed by atoms with van der Waals surface area (Å²) in [6.45, 7) is 2.11. The number of nitrogen functional groups attached to an aromatic ring is 1. The molecule has 3 rings (SSSR count). The minimum absolute atomic E-state index is 0.726. The van der Waals surface area contributed by atoms with Crippen LogP contribution in [0.2, 0.25) is 0 Å². The maximum absolute atomic E-state index is 5.80. The Morgan fingerprint density at radius 2 is 2.00 bits per heavy atom. The summed E-state index contributed by atoms with van der Waals surface area (Å²) in [5.74, 6) is 0.948. The van der Waals surface area contributed by atoms with Crippen LogP contribution >= 0.6 is 0 Å². The highest BCUT2D eigenvalue weighted by Crippen LogP contribution is 2.11. The standard InChI is InChI=1S/C15H16N4/c1-11-3-2-4-12(9-11)5-7-14-17-18-15-8-6-13(16)10-19(14)15/h2-4,6,8-10H,5,7,16H2,1H3. The monoisotopic (exact) mass is 252 g/mol. The van der Waals surface area contributed by atoms with Gasteiger partial charge in [0.05, 0.1) is 0 Å². The lowest BCUT2D eigenvalue weighted by Gasteiger charge is -2.03. The molecule has 0 amide bonds. The van der Waals surface area contributed by atoms with Gasteiger partial charge in [-0.3, -0.25) is 4.40 Å². The summed E-state index contributed by atoms with van der Waals surface area (Å²) >= 11 is 0. The molecule has 0 fully saturated rings. The maximum atomic E-state index is 5.80. The van der Waals surface area contributed by atoms with Gasteiger partial charge in [0.25, 0.3) is 0 Å². The highest BCUT2D eigenvalue weighted by molar-refractivity contribution is 5.47. The Balaban J connectivity index is 1.84. The summed E-state index contributed by atoms with van der Waals surface area (Å²) in [5, 5.41) is 8.38. The number of nitrogens with two attached hydrogens (primary N) is 1. The van der Waals surface area contributed by atoms with Crippen molar-refractivity contribution in [1.82, 2.24) is 14.6 Å². The van der Waals surface area contributed by atoms with Crippen molar-refractivity contribution in [3.8, 4) is 0 Å². The van der Waals surface area contributed by atoms with Crippen molar-refractivity contribution in [2.45, 2.75) is 19.8 Å². The van der Waals surface area contributed by atoms with Crippen LogP contribution in [0.15, 0.2) is 42.6 Å². The van der Waals surface area contributed by atoms with E-state index in [1.165, 1.54) is 11.1 Å². The number of rotatable bonds is 3. The van der Waals surface area contributed by atoms with Crippen LogP contribution < -0.4 is 5.73 Å². The van der Waals surface area contributed by atoms with E-state index in [-0.39, 0.29) is 0 Å². The number of hydrogen-bond acceptors (Lipinski definition) is 3. The molecule has 2 heterocycles. The minimum Gasteiger partial charge on any atom is -0.398 e. The Kier molecular flexibility index (Phi) is 2.91. The summed E-state index contributed by atoms with van der Waals surface area (Å²) in [6, 6.07) is 12.3. The third-order valence-electron chi connectivity index (χ3n) is 3.22. The van der Waals surface area contributed by atoms with Gasteiger partial charge < -0.3 is 5.73 Å². The summed E-state index contributed by atoms with van der Waals surface area (Å²) in [4.78, 5) is 0. The van der Waals surface area contributed by atoms with Gasteiger partial charge in [-0.2, -0.15) is 0 Å². The van der Waals surface area contributed by atoms with Gasteiger partial charge in [-0.25, -0.2) is 0 Å². The first kappa shape index (κ1) is 11.7. The molecule has 19 heavy (non-hydrogen) atoms. The predicted molar refractivity (Wildman–Crippen MR) is 76.0 cm³/mol. The van der Waals surface area contributed by atoms with Gasteiger partial charge in [0, 0.05) is 18.3 Å². The first-order valence-electron chi connectivity index (χ1n) is 6.37. The van der Waals surface area contributed by atoms with E-state index in [0.29, 0.717) is 0 Å². The Bertz CT molecular complexity index is 715. The second-order valence-corrected chi connectivity index (χ2v) is 4.80. The van der Waals surface area contributed by atoms with Crippen molar-refractivity contribution in [2.75, 3.05) is 5.73 Å². The zero-order chi connectivity index (χ0) is 13.2. The zero-order valence-corrected chi connectivity index (χ0v) is 10.9. The van der Waals surface area contributed by atoms with Gasteiger partial charge in [-0.15, -0.1) is 10.2 Å². The number of aryl methyl sites for hydroxylation is 3. The molecule has 3 aromatic rings. The first-order chi connectivity index (χ1) is 9.22. The van der Waals surface area contributed by atoms with E-state index < -0.39 is 0 Å². The fourth-order valence-electron chi connectivity index (χ4n) is 2.25. The molecule has 0 saturated carbocycles. The zero-order valence-electron chi connectivity index (χ0n) is 10.9. The Morgan fingerprint density at radius 1 is 1.11 bits per heavy atom. The molecular formula is C15H16N4. The molecule has 2 N–H and O–H groups in total. The molecule has 2 aromatic heterocycles. The van der Waals surface area contributed by atoms with Crippen molar-refractivity contribution in [3.63, 3.8) is 0 Å². The minimum atomic E-state index is 0.726. The molecule has 0 unspecified atom stereocenters. The van der Waals surface area contributed by atoms with E-state index in [4.69, 9.17) is 5.73 Å². The maximum Gasteiger partial charge on any atom is 0.160 e. The fourth-order valence-corrected chi connectivity index (χ4v) is 2.25. The third kappa shape index (κ3) is 2.42. The van der Waals surface area contributed by atoms with Crippen LogP contribution in [0.5, 0.6) is 0 Å². The number of hydrogen-bond donors (Lipinski definition) is 1. The highest BCUT2D eigenvalue weighted by atomic mass is 15.2. The first-order valence-corrected chi connectivity index (χ1v) is 6.37. The van der Waals surface area contributed by atoms with Crippen LogP contribution in [0.4, 0.5) is 5.69 Å². The molecule has 0 atom stereocenters. The van der Waals surface area contributed by atoms with Crippen LogP contribution in [-0.2, 0) is 12.8 Å². The summed E-state index contributed by atoms with van der Waals surface area (Å²) in [5.41, 5.74) is 9.97. The fraction of sp³-hybridized carbons (Fsp3) is 0.200. The van der Waals surface area contributed by atoms with Crippen LogP contribution in [0.1, 0.15) is 17.0 Å². The molecule has 0 aliphatic heterocycles. The second-order valence-electron chi connectivity index (χ2n) is 4.80. The lowest BCUT2D eigenvalue weighted by atomic mass is 10.1. The normalized spacial score (nSPS) is 11.0. The molecule has 1 aromatic carbocycles. The van der Waals surface area contributed by atoms with Crippen molar-refractivity contribution >= 4 is 11.3 Å². The van der Waals surface area contributed by atoms with Crippen molar-refractivity contribution in [2.24, 2.45) is 0 Å². The molecule has 0 radical (unpaired) electrons. The molecule has 4 nitrogen and oxygen atoms in total. The summed E-state index contributed by atoms with van der Waals surface area (Å²) in [7, 11) is 0. The molecule has 4 heteroatoms. The van der Waals surface area contributed by atoms with E-state index in [1.54, 1.807) is 0 Å². The Morgan fingerprint density at radius 3 is 2.84 bits per heavy atom. The molecular weight excluding hydrogens is 236 g/mol. The van der Waals surface area contributed by atoms with Gasteiger partial charge in [0.15, 0.2) is 5.65 Å². The lowest BCUT2D eigenvalue weighted by Crippen LogP contribution is -1.99. The Hall–Kier alpha value is -2.36. The van der Waals surface area contributed by atoms with E-state index in [9.17, 15) is 0 Å². The number of fused-ring (bicyclic) bond motifs is 1. The van der Waals surface area contributed by atoms with Gasteiger partial charge in [-0.1, -0.05) is 29.8 Å². The largest absolute Gasteiger partial charge is 0.398 e. The van der Waals surface area contributed by atoms with Crippen molar-refractivity contribution in [1.29, 1.82) is 0 Å². The molecule has 0 saturated heterocycles. The average molecular weight is 252 g/mol. The van der Waals surface area contributed by atoms with E-state index in [2.05, 4.69) is 41.4 Å². The van der Waals surface area contributed by atoms with Gasteiger partial charge in [0.2, 0.25) is 0 Å². The predicted octanol–water partition coefficient (Wildman–Crippen LogP) is 2.41. The van der Waals surface area contributed by atoms with Crippen LogP contribution in [0, 0.1) is 6.92 Å². The van der Waals surface area contributed by atoms with E-state index in [1.807, 2.05) is 22.7 Å². The summed E-state index contributed by atoms with van der Waals surface area (Å²) < 4.78 is 1.96. The lowest BCUT2D eigenvalue weighted by molar-refractivity contribution is 0.839. The van der Waals surface area contributed by atoms with Gasteiger partial charge >= 0.3 is 0 Å². The average Bonchev–Trinajstić information content (AvgIpc) is 2.79. The number of aromatic nitrogens is 3. The van der Waals surface area contributed by atoms with Crippen LogP contribution in [-0.4, -0.2) is 14.6 Å². The number of nitrogens with zero attached hydrogens (tertiary/aromatic N) is 3. The number of anilines is 1.